The highest BCUT2D eigenvalue weighted by Gasteiger charge is 2.29. The molecule has 1 aliphatic rings. The maximum atomic E-state index is 13.0. The Kier molecular flexibility index (Phi) is 6.92. The highest BCUT2D eigenvalue weighted by atomic mass is 35.5. The number of aromatic nitrogens is 2. The largest absolute Gasteiger partial charge is 0.399 e. The first-order chi connectivity index (χ1) is 18.6. The second kappa shape index (κ2) is 10.2. The molecule has 39 heavy (non-hydrogen) atoms. The number of carbonyl (C=O) groups is 2. The van der Waals surface area contributed by atoms with Gasteiger partial charge in [-0.2, -0.15) is 5.10 Å². The van der Waals surface area contributed by atoms with Crippen molar-refractivity contribution in [3.05, 3.63) is 88.1 Å². The van der Waals surface area contributed by atoms with Gasteiger partial charge in [0.2, 0.25) is 0 Å². The van der Waals surface area contributed by atoms with Gasteiger partial charge in [-0.1, -0.05) is 24.6 Å². The molecule has 3 aromatic carbocycles. The van der Waals surface area contributed by atoms with Gasteiger partial charge in [0.1, 0.15) is 0 Å². The number of nitrogen functional groups attached to an aromatic ring is 1. The number of hydrogen-bond donors (Lipinski definition) is 3. The van der Waals surface area contributed by atoms with Gasteiger partial charge < -0.3 is 16.8 Å². The fourth-order valence-corrected chi connectivity index (χ4v) is 6.32. The Morgan fingerprint density at radius 3 is 2.49 bits per heavy atom. The Hall–Kier alpha value is -4.15. The number of nitrogens with one attached hydrogen (secondary N) is 1. The Morgan fingerprint density at radius 1 is 1.05 bits per heavy atom. The molecule has 1 heterocycles. The van der Waals surface area contributed by atoms with E-state index in [-0.39, 0.29) is 26.9 Å². The van der Waals surface area contributed by atoms with E-state index in [0.717, 1.165) is 11.1 Å². The van der Waals surface area contributed by atoms with Gasteiger partial charge in [0.15, 0.2) is 15.5 Å². The number of benzene rings is 3. The normalized spacial score (nSPS) is 12.5. The van der Waals surface area contributed by atoms with E-state index in [0.29, 0.717) is 47.6 Å². The molecule has 0 atom stereocenters. The third-order valence-corrected chi connectivity index (χ3v) is 8.90. The number of primary amides is 1. The van der Waals surface area contributed by atoms with Crippen LogP contribution >= 0.6 is 11.6 Å². The van der Waals surface area contributed by atoms with E-state index in [4.69, 9.17) is 23.1 Å². The van der Waals surface area contributed by atoms with Gasteiger partial charge in [0.25, 0.3) is 11.8 Å². The van der Waals surface area contributed by atoms with E-state index in [9.17, 15) is 18.0 Å². The van der Waals surface area contributed by atoms with E-state index >= 15 is 0 Å². The van der Waals surface area contributed by atoms with Crippen LogP contribution in [0.5, 0.6) is 0 Å². The number of hydrogen-bond acceptors (Lipinski definition) is 6. The zero-order valence-electron chi connectivity index (χ0n) is 21.1. The molecule has 0 bridgehead atoms. The molecule has 1 aliphatic carbocycles. The van der Waals surface area contributed by atoms with Crippen molar-refractivity contribution in [2.45, 2.75) is 31.1 Å². The lowest BCUT2D eigenvalue weighted by atomic mass is 9.88. The fraction of sp³-hybridized carbons (Fsp3) is 0.179. The van der Waals surface area contributed by atoms with Crippen molar-refractivity contribution in [3.8, 4) is 16.9 Å². The SMILES string of the molecule is CCCS(=O)(=O)c1ccc(-n2nc(C(N)=O)c3c2-c2cc(NC(=O)c4cc(N)ccc4Cl)ccc2CC3)cc1. The summed E-state index contributed by atoms with van der Waals surface area (Å²) in [6.45, 7) is 1.81. The number of nitrogens with zero attached hydrogens (tertiary/aromatic N) is 2. The second-order valence-electron chi connectivity index (χ2n) is 9.33. The van der Waals surface area contributed by atoms with Crippen molar-refractivity contribution in [2.24, 2.45) is 5.73 Å². The molecule has 9 nitrogen and oxygen atoms in total. The average Bonchev–Trinajstić information content (AvgIpc) is 3.31. The van der Waals surface area contributed by atoms with E-state index in [2.05, 4.69) is 10.4 Å². The third kappa shape index (κ3) is 5.00. The fourth-order valence-electron chi connectivity index (χ4n) is 4.80. The Bertz CT molecular complexity index is 1730. The number of amides is 2. The summed E-state index contributed by atoms with van der Waals surface area (Å²) in [6, 6.07) is 16.6. The van der Waals surface area contributed by atoms with Crippen LogP contribution < -0.4 is 16.8 Å². The van der Waals surface area contributed by atoms with Crippen LogP contribution in [-0.4, -0.2) is 35.8 Å². The minimum absolute atomic E-state index is 0.0536. The maximum Gasteiger partial charge on any atom is 0.269 e. The summed E-state index contributed by atoms with van der Waals surface area (Å²) in [6.07, 6.45) is 1.71. The van der Waals surface area contributed by atoms with E-state index in [1.165, 1.54) is 18.2 Å². The lowest BCUT2D eigenvalue weighted by molar-refractivity contribution is 0.0992. The predicted molar refractivity (Wildman–Crippen MR) is 151 cm³/mol. The maximum absolute atomic E-state index is 13.0. The summed E-state index contributed by atoms with van der Waals surface area (Å²) in [7, 11) is -3.39. The van der Waals surface area contributed by atoms with Crippen LogP contribution in [-0.2, 0) is 22.7 Å². The number of sulfone groups is 1. The minimum atomic E-state index is -3.39. The summed E-state index contributed by atoms with van der Waals surface area (Å²) in [5, 5.41) is 7.66. The molecule has 200 valence electrons. The monoisotopic (exact) mass is 563 g/mol. The molecule has 5 rings (SSSR count). The van der Waals surface area contributed by atoms with Crippen LogP contribution in [0, 0.1) is 0 Å². The molecule has 0 saturated carbocycles. The lowest BCUT2D eigenvalue weighted by Crippen LogP contribution is -2.16. The van der Waals surface area contributed by atoms with Crippen molar-refractivity contribution in [2.75, 3.05) is 16.8 Å². The molecule has 2 amide bonds. The minimum Gasteiger partial charge on any atom is -0.399 e. The quantitative estimate of drug-likeness (QED) is 0.283. The smallest absolute Gasteiger partial charge is 0.269 e. The van der Waals surface area contributed by atoms with E-state index in [1.807, 2.05) is 19.1 Å². The van der Waals surface area contributed by atoms with Gasteiger partial charge in [-0.3, -0.25) is 9.59 Å². The van der Waals surface area contributed by atoms with Crippen molar-refractivity contribution < 1.29 is 18.0 Å². The van der Waals surface area contributed by atoms with E-state index < -0.39 is 21.7 Å². The van der Waals surface area contributed by atoms with Gasteiger partial charge in [0.05, 0.1) is 32.6 Å². The van der Waals surface area contributed by atoms with Crippen LogP contribution in [0.4, 0.5) is 11.4 Å². The molecule has 0 radical (unpaired) electrons. The van der Waals surface area contributed by atoms with Crippen molar-refractivity contribution in [3.63, 3.8) is 0 Å². The molecular formula is C28H26ClN5O4S. The predicted octanol–water partition coefficient (Wildman–Crippen LogP) is 4.41. The zero-order valence-corrected chi connectivity index (χ0v) is 22.6. The van der Waals surface area contributed by atoms with Crippen LogP contribution in [0.1, 0.15) is 45.3 Å². The summed E-state index contributed by atoms with van der Waals surface area (Å²) in [5.41, 5.74) is 16.5. The highest BCUT2D eigenvalue weighted by molar-refractivity contribution is 7.91. The molecule has 1 aromatic heterocycles. The number of nitrogens with two attached hydrogens (primary N) is 2. The van der Waals surface area contributed by atoms with Crippen LogP contribution in [0.3, 0.4) is 0 Å². The van der Waals surface area contributed by atoms with Crippen molar-refractivity contribution in [1.82, 2.24) is 9.78 Å². The average molecular weight is 564 g/mol. The van der Waals surface area contributed by atoms with Crippen molar-refractivity contribution in [1.29, 1.82) is 0 Å². The lowest BCUT2D eigenvalue weighted by Gasteiger charge is -2.20. The van der Waals surface area contributed by atoms with Crippen LogP contribution in [0.25, 0.3) is 16.9 Å². The molecule has 4 aromatic rings. The third-order valence-electron chi connectivity index (χ3n) is 6.63. The molecule has 11 heteroatoms. The molecular weight excluding hydrogens is 538 g/mol. The van der Waals surface area contributed by atoms with Gasteiger partial charge in [-0.05, 0) is 79.4 Å². The number of aryl methyl sites for hydroxylation is 1. The van der Waals surface area contributed by atoms with Gasteiger partial charge in [-0.15, -0.1) is 0 Å². The van der Waals surface area contributed by atoms with Gasteiger partial charge in [0, 0.05) is 22.5 Å². The summed E-state index contributed by atoms with van der Waals surface area (Å²) >= 11 is 6.21. The zero-order chi connectivity index (χ0) is 27.9. The first-order valence-corrected chi connectivity index (χ1v) is 14.4. The molecule has 0 saturated heterocycles. The van der Waals surface area contributed by atoms with Crippen molar-refractivity contribution >= 4 is 44.6 Å². The van der Waals surface area contributed by atoms with Gasteiger partial charge >= 0.3 is 0 Å². The number of fused-ring (bicyclic) bond motifs is 3. The number of rotatable bonds is 7. The van der Waals surface area contributed by atoms with Gasteiger partial charge in [-0.25, -0.2) is 13.1 Å². The van der Waals surface area contributed by atoms with Crippen LogP contribution in [0.15, 0.2) is 65.6 Å². The summed E-state index contributed by atoms with van der Waals surface area (Å²) < 4.78 is 26.6. The van der Waals surface area contributed by atoms with E-state index in [1.54, 1.807) is 35.0 Å². The standard InChI is InChI=1S/C28H26ClN5O4S/c1-2-13-39(37,38)20-9-7-19(8-10-20)34-26-21(25(33-34)27(31)35)11-4-16-3-6-18(15-22(16)26)32-28(36)23-14-17(30)5-12-24(23)29/h3,5-10,12,14-15H,2,4,11,13,30H2,1H3,(H2,31,35)(H,32,36). The number of carbonyl (C=O) groups excluding carboxylic acids is 2. The number of halogens is 1. The summed E-state index contributed by atoms with van der Waals surface area (Å²) in [5.74, 6) is -1.02. The molecule has 0 spiro atoms. The first kappa shape index (κ1) is 26.5. The first-order valence-electron chi connectivity index (χ1n) is 12.3. The van der Waals surface area contributed by atoms with Crippen LogP contribution in [0.2, 0.25) is 5.02 Å². The Morgan fingerprint density at radius 2 is 1.79 bits per heavy atom. The number of anilines is 2. The summed E-state index contributed by atoms with van der Waals surface area (Å²) in [4.78, 5) is 25.5. The Balaban J connectivity index is 1.58. The Labute approximate surface area is 230 Å². The highest BCUT2D eigenvalue weighted by Crippen LogP contribution is 2.38. The topological polar surface area (TPSA) is 150 Å². The molecule has 0 aliphatic heterocycles. The second-order valence-corrected chi connectivity index (χ2v) is 11.8. The molecule has 0 unspecified atom stereocenters. The molecule has 5 N–H and O–H groups in total. The molecule has 0 fully saturated rings.